The summed E-state index contributed by atoms with van der Waals surface area (Å²) in [6.45, 7) is -0.460. The molecule has 3 aromatic rings. The Morgan fingerprint density at radius 1 is 0.605 bits per heavy atom. The molecule has 0 aliphatic heterocycles. The first kappa shape index (κ1) is 27.3. The first-order valence-corrected chi connectivity index (χ1v) is 14.5. The zero-order valence-electron chi connectivity index (χ0n) is 18.7. The van der Waals surface area contributed by atoms with Gasteiger partial charge in [-0.3, -0.25) is 23.2 Å². The molecule has 0 saturated carbocycles. The van der Waals surface area contributed by atoms with Crippen LogP contribution in [0.3, 0.4) is 0 Å². The summed E-state index contributed by atoms with van der Waals surface area (Å²) >= 11 is 0. The number of anilines is 2. The summed E-state index contributed by atoms with van der Waals surface area (Å²) < 4.78 is 103. The van der Waals surface area contributed by atoms with Gasteiger partial charge in [0.25, 0.3) is 30.4 Å². The van der Waals surface area contributed by atoms with Crippen LogP contribution in [-0.4, -0.2) is 50.5 Å². The second-order valence-electron chi connectivity index (χ2n) is 8.04. The van der Waals surface area contributed by atoms with E-state index in [1.807, 2.05) is 0 Å². The van der Waals surface area contributed by atoms with E-state index >= 15 is 0 Å². The normalized spacial score (nSPS) is 13.8. The molecule has 3 aromatic carbocycles. The number of hydrogen-bond donors (Lipinski definition) is 6. The first-order valence-electron chi connectivity index (χ1n) is 10.1. The molecular formula is C21H17N3O11S3. The average Bonchev–Trinajstić information content (AvgIpc) is 2.79. The van der Waals surface area contributed by atoms with Crippen LogP contribution in [-0.2, 0) is 36.9 Å². The van der Waals surface area contributed by atoms with E-state index in [9.17, 15) is 48.5 Å². The average molecular weight is 584 g/mol. The topological polar surface area (TPSA) is 275 Å². The van der Waals surface area contributed by atoms with Gasteiger partial charge in [-0.25, -0.2) is 0 Å². The van der Waals surface area contributed by atoms with Gasteiger partial charge in [-0.05, 0) is 11.6 Å². The molecule has 0 radical (unpaired) electrons. The molecule has 0 unspecified atom stereocenters. The number of hydrogen-bond acceptors (Lipinski definition) is 11. The molecule has 0 atom stereocenters. The second-order valence-corrected chi connectivity index (χ2v) is 12.1. The fourth-order valence-electron chi connectivity index (χ4n) is 4.46. The summed E-state index contributed by atoms with van der Waals surface area (Å²) in [5, 5.41) is 0. The van der Waals surface area contributed by atoms with Gasteiger partial charge < -0.3 is 17.2 Å². The molecule has 4 rings (SSSR count). The summed E-state index contributed by atoms with van der Waals surface area (Å²) in [5.74, 6) is -2.51. The predicted molar refractivity (Wildman–Crippen MR) is 131 cm³/mol. The second kappa shape index (κ2) is 8.67. The summed E-state index contributed by atoms with van der Waals surface area (Å²) in [7, 11) is -15.6. The molecule has 0 bridgehead atoms. The Hall–Kier alpha value is -3.71. The van der Waals surface area contributed by atoms with Crippen LogP contribution in [0.1, 0.15) is 37.4 Å². The van der Waals surface area contributed by atoms with Crippen LogP contribution in [0.2, 0.25) is 0 Å². The van der Waals surface area contributed by atoms with Gasteiger partial charge in [-0.1, -0.05) is 30.3 Å². The van der Waals surface area contributed by atoms with Gasteiger partial charge in [0.2, 0.25) is 0 Å². The van der Waals surface area contributed by atoms with Crippen molar-refractivity contribution in [3.05, 3.63) is 64.2 Å². The van der Waals surface area contributed by atoms with Crippen molar-refractivity contribution in [1.29, 1.82) is 0 Å². The van der Waals surface area contributed by atoms with Gasteiger partial charge in [0.05, 0.1) is 22.5 Å². The van der Waals surface area contributed by atoms with E-state index in [0.29, 0.717) is 0 Å². The summed E-state index contributed by atoms with van der Waals surface area (Å²) in [4.78, 5) is 24.2. The lowest BCUT2D eigenvalue weighted by atomic mass is 9.78. The Morgan fingerprint density at radius 3 is 1.66 bits per heavy atom. The number of benzene rings is 3. The fourth-order valence-corrected chi connectivity index (χ4v) is 6.87. The summed E-state index contributed by atoms with van der Waals surface area (Å²) in [6.07, 6.45) is 0. The zero-order chi connectivity index (χ0) is 28.5. The maximum Gasteiger partial charge on any atom is 0.298 e. The quantitative estimate of drug-likeness (QED) is 0.138. The SMILES string of the molecule is NCc1cccc(-c2c(N)c(S(=O)(=O)O)c(N)c3c2C(=O)c2cccc(S(=O)(=O)O)c2C3=O)c1S(=O)(=O)O. The minimum Gasteiger partial charge on any atom is -0.397 e. The summed E-state index contributed by atoms with van der Waals surface area (Å²) in [6, 6.07) is 6.34. The number of nitrogen functional groups attached to an aromatic ring is 2. The molecule has 0 aromatic heterocycles. The van der Waals surface area contributed by atoms with Gasteiger partial charge in [-0.15, -0.1) is 0 Å². The predicted octanol–water partition coefficient (Wildman–Crippen LogP) is 0.492. The molecule has 1 aliphatic rings. The van der Waals surface area contributed by atoms with E-state index in [2.05, 4.69) is 0 Å². The third-order valence-corrected chi connectivity index (χ3v) is 8.71. The molecule has 1 aliphatic carbocycles. The maximum atomic E-state index is 13.7. The van der Waals surface area contributed by atoms with E-state index in [-0.39, 0.29) is 5.56 Å². The highest BCUT2D eigenvalue weighted by atomic mass is 32.2. The lowest BCUT2D eigenvalue weighted by Crippen LogP contribution is -2.28. The van der Waals surface area contributed by atoms with Gasteiger partial charge in [-0.2, -0.15) is 25.3 Å². The molecule has 14 nitrogen and oxygen atoms in total. The largest absolute Gasteiger partial charge is 0.397 e. The van der Waals surface area contributed by atoms with E-state index in [0.717, 1.165) is 24.3 Å². The Morgan fingerprint density at radius 2 is 1.13 bits per heavy atom. The van der Waals surface area contributed by atoms with Crippen LogP contribution in [0, 0.1) is 0 Å². The number of rotatable bonds is 5. The van der Waals surface area contributed by atoms with Crippen molar-refractivity contribution >= 4 is 53.3 Å². The Kier molecular flexibility index (Phi) is 6.23. The minimum absolute atomic E-state index is 0.188. The van der Waals surface area contributed by atoms with Crippen molar-refractivity contribution in [3.63, 3.8) is 0 Å². The van der Waals surface area contributed by atoms with Crippen LogP contribution in [0.25, 0.3) is 11.1 Å². The smallest absolute Gasteiger partial charge is 0.298 e. The molecule has 9 N–H and O–H groups in total. The Labute approximate surface area is 215 Å². The molecular weight excluding hydrogens is 566 g/mol. The van der Waals surface area contributed by atoms with E-state index in [1.165, 1.54) is 12.1 Å². The first-order chi connectivity index (χ1) is 17.4. The third kappa shape index (κ3) is 4.06. The maximum absolute atomic E-state index is 13.7. The standard InChI is InChI=1S/C21H17N3O11S3/c22-7-8-3-1-5-10(20(8)37(30,31)32)13-14-15(17(24)21(16(13)23)38(33,34)35)19(26)12-9(18(14)25)4-2-6-11(12)36(27,28)29/h1-6H,7,22-24H2,(H,27,28,29)(H,30,31,32)(H,33,34,35). The molecule has 0 amide bonds. The van der Waals surface area contributed by atoms with Crippen molar-refractivity contribution in [2.45, 2.75) is 21.2 Å². The monoisotopic (exact) mass is 583 g/mol. The van der Waals surface area contributed by atoms with Gasteiger partial charge >= 0.3 is 0 Å². The highest BCUT2D eigenvalue weighted by Crippen LogP contribution is 2.47. The zero-order valence-corrected chi connectivity index (χ0v) is 21.2. The molecule has 0 saturated heterocycles. The van der Waals surface area contributed by atoms with E-state index in [1.54, 1.807) is 0 Å². The van der Waals surface area contributed by atoms with E-state index < -0.39 is 108 Å². The molecule has 0 spiro atoms. The highest BCUT2D eigenvalue weighted by Gasteiger charge is 2.42. The van der Waals surface area contributed by atoms with Crippen molar-refractivity contribution in [3.8, 4) is 11.1 Å². The molecule has 0 fully saturated rings. The highest BCUT2D eigenvalue weighted by molar-refractivity contribution is 7.86. The fraction of sp³-hybridized carbons (Fsp3) is 0.0476. The van der Waals surface area contributed by atoms with Crippen molar-refractivity contribution in [1.82, 2.24) is 0 Å². The number of nitrogens with two attached hydrogens (primary N) is 3. The molecule has 0 heterocycles. The van der Waals surface area contributed by atoms with Crippen LogP contribution in [0.15, 0.2) is 51.1 Å². The Balaban J connectivity index is 2.32. The van der Waals surface area contributed by atoms with Crippen molar-refractivity contribution in [2.75, 3.05) is 11.5 Å². The molecule has 38 heavy (non-hydrogen) atoms. The number of ketones is 2. The van der Waals surface area contributed by atoms with Crippen LogP contribution < -0.4 is 17.2 Å². The Bertz CT molecular complexity index is 1930. The van der Waals surface area contributed by atoms with Crippen molar-refractivity contribution in [2.24, 2.45) is 5.73 Å². The third-order valence-electron chi connectivity index (χ3n) is 5.86. The van der Waals surface area contributed by atoms with Gasteiger partial charge in [0, 0.05) is 28.8 Å². The van der Waals surface area contributed by atoms with Crippen LogP contribution >= 0.6 is 0 Å². The van der Waals surface area contributed by atoms with Crippen LogP contribution in [0.5, 0.6) is 0 Å². The van der Waals surface area contributed by atoms with Crippen LogP contribution in [0.4, 0.5) is 11.4 Å². The number of carbonyl (C=O) groups excluding carboxylic acids is 2. The lowest BCUT2D eigenvalue weighted by Gasteiger charge is -2.26. The van der Waals surface area contributed by atoms with Crippen molar-refractivity contribution < 1.29 is 48.5 Å². The van der Waals surface area contributed by atoms with Gasteiger partial charge in [0.15, 0.2) is 11.6 Å². The van der Waals surface area contributed by atoms with E-state index in [4.69, 9.17) is 17.2 Å². The summed E-state index contributed by atoms with van der Waals surface area (Å²) in [5.41, 5.74) is 11.0. The molecule has 200 valence electrons. The van der Waals surface area contributed by atoms with Gasteiger partial charge in [0.1, 0.15) is 14.7 Å². The number of fused-ring (bicyclic) bond motifs is 2. The lowest BCUT2D eigenvalue weighted by molar-refractivity contribution is 0.0977. The minimum atomic E-state index is -5.37. The molecule has 17 heteroatoms. The number of carbonyl (C=O) groups is 2.